The zero-order valence-electron chi connectivity index (χ0n) is 17.1. The van der Waals surface area contributed by atoms with Crippen molar-refractivity contribution in [2.75, 3.05) is 29.9 Å². The van der Waals surface area contributed by atoms with Gasteiger partial charge in [0.05, 0.1) is 10.8 Å². The molecule has 10 heteroatoms. The van der Waals surface area contributed by atoms with Crippen molar-refractivity contribution in [3.8, 4) is 0 Å². The molecule has 1 atom stereocenters. The minimum atomic E-state index is -3.62. The maximum Gasteiger partial charge on any atom is 0.243 e. The Labute approximate surface area is 179 Å². The van der Waals surface area contributed by atoms with Crippen molar-refractivity contribution in [1.82, 2.24) is 4.31 Å². The summed E-state index contributed by atoms with van der Waals surface area (Å²) in [6.45, 7) is 4.27. The van der Waals surface area contributed by atoms with Crippen molar-refractivity contribution >= 4 is 33.2 Å². The van der Waals surface area contributed by atoms with Gasteiger partial charge in [-0.1, -0.05) is 13.8 Å². The average molecular weight is 451 g/mol. The van der Waals surface area contributed by atoms with Gasteiger partial charge in [-0.3, -0.25) is 9.59 Å². The van der Waals surface area contributed by atoms with Crippen LogP contribution < -0.4 is 10.2 Å². The van der Waals surface area contributed by atoms with Crippen LogP contribution in [0.4, 0.5) is 20.2 Å². The number of halogens is 2. The van der Waals surface area contributed by atoms with Gasteiger partial charge in [-0.15, -0.1) is 0 Å². The number of nitrogens with zero attached hydrogens (tertiary/aromatic N) is 2. The zero-order valence-corrected chi connectivity index (χ0v) is 18.0. The molecule has 166 valence electrons. The van der Waals surface area contributed by atoms with Crippen molar-refractivity contribution in [2.45, 2.75) is 25.2 Å². The van der Waals surface area contributed by atoms with E-state index in [0.29, 0.717) is 24.8 Å². The third-order valence-electron chi connectivity index (χ3n) is 5.12. The summed E-state index contributed by atoms with van der Waals surface area (Å²) in [5, 5.41) is 2.43. The van der Waals surface area contributed by atoms with E-state index in [1.54, 1.807) is 13.8 Å². The third kappa shape index (κ3) is 4.91. The molecule has 0 bridgehead atoms. The van der Waals surface area contributed by atoms with E-state index in [2.05, 4.69) is 5.32 Å². The number of hydrogen-bond donors (Lipinski definition) is 1. The Kier molecular flexibility index (Phi) is 6.71. The highest BCUT2D eigenvalue weighted by atomic mass is 32.2. The van der Waals surface area contributed by atoms with Crippen molar-refractivity contribution < 1.29 is 26.8 Å². The topological polar surface area (TPSA) is 86.8 Å². The Bertz CT molecular complexity index is 1070. The Morgan fingerprint density at radius 1 is 1.10 bits per heavy atom. The molecule has 2 aromatic rings. The molecule has 7 nitrogen and oxygen atoms in total. The molecule has 3 rings (SSSR count). The summed E-state index contributed by atoms with van der Waals surface area (Å²) in [6.07, 6.45) is -0.0663. The van der Waals surface area contributed by atoms with E-state index in [1.807, 2.05) is 0 Å². The quantitative estimate of drug-likeness (QED) is 0.701. The highest BCUT2D eigenvalue weighted by Crippen LogP contribution is 2.28. The van der Waals surface area contributed by atoms with E-state index in [4.69, 9.17) is 0 Å². The first-order valence-corrected chi connectivity index (χ1v) is 11.3. The van der Waals surface area contributed by atoms with Crippen LogP contribution >= 0.6 is 0 Å². The Morgan fingerprint density at radius 3 is 2.23 bits per heavy atom. The minimum Gasteiger partial charge on any atom is -0.326 e. The molecule has 1 saturated heterocycles. The summed E-state index contributed by atoms with van der Waals surface area (Å²) in [6, 6.07) is 8.58. The van der Waals surface area contributed by atoms with Crippen LogP contribution in [-0.4, -0.2) is 44.2 Å². The number of carbonyl (C=O) groups is 2. The summed E-state index contributed by atoms with van der Waals surface area (Å²) < 4.78 is 53.1. The predicted molar refractivity (Wildman–Crippen MR) is 112 cm³/mol. The highest BCUT2D eigenvalue weighted by molar-refractivity contribution is 7.89. The fourth-order valence-electron chi connectivity index (χ4n) is 3.51. The maximum absolute atomic E-state index is 13.3. The van der Waals surface area contributed by atoms with Gasteiger partial charge in [0.2, 0.25) is 21.8 Å². The number of nitrogens with one attached hydrogen (secondary N) is 1. The number of amides is 2. The van der Waals surface area contributed by atoms with Crippen molar-refractivity contribution in [3.63, 3.8) is 0 Å². The van der Waals surface area contributed by atoms with Crippen LogP contribution in [0.15, 0.2) is 47.4 Å². The molecule has 31 heavy (non-hydrogen) atoms. The van der Waals surface area contributed by atoms with Gasteiger partial charge in [0.25, 0.3) is 0 Å². The van der Waals surface area contributed by atoms with Gasteiger partial charge < -0.3 is 10.2 Å². The minimum absolute atomic E-state index is 0.0284. The molecule has 2 amide bonds. The lowest BCUT2D eigenvalue weighted by Gasteiger charge is -2.20. The largest absolute Gasteiger partial charge is 0.326 e. The first-order valence-electron chi connectivity index (χ1n) is 9.83. The molecule has 1 unspecified atom stereocenters. The molecule has 0 spiro atoms. The molecule has 0 aromatic heterocycles. The van der Waals surface area contributed by atoms with Crippen LogP contribution in [0, 0.1) is 17.6 Å². The van der Waals surface area contributed by atoms with E-state index in [9.17, 15) is 26.8 Å². The van der Waals surface area contributed by atoms with Crippen molar-refractivity contribution in [2.24, 2.45) is 5.92 Å². The highest BCUT2D eigenvalue weighted by Gasteiger charge is 2.35. The van der Waals surface area contributed by atoms with Gasteiger partial charge in [-0.25, -0.2) is 17.2 Å². The second kappa shape index (κ2) is 9.11. The molecule has 1 fully saturated rings. The SMILES string of the molecule is CCN(CC)S(=O)(=O)c1ccc(N2CC(C(=O)Nc3cc(F)cc(F)c3)CC2=O)cc1. The first-order chi connectivity index (χ1) is 14.6. The maximum atomic E-state index is 13.3. The Balaban J connectivity index is 1.72. The number of anilines is 2. The predicted octanol–water partition coefficient (Wildman–Crippen LogP) is 2.99. The van der Waals surface area contributed by atoms with Crippen LogP contribution in [0.25, 0.3) is 0 Å². The zero-order chi connectivity index (χ0) is 22.8. The molecular formula is C21H23F2N3O4S. The second-order valence-corrected chi connectivity index (χ2v) is 9.07. The van der Waals surface area contributed by atoms with Crippen LogP contribution in [0.5, 0.6) is 0 Å². The molecule has 1 aliphatic rings. The molecule has 1 N–H and O–H groups in total. The van der Waals surface area contributed by atoms with Gasteiger partial charge in [0.15, 0.2) is 0 Å². The van der Waals surface area contributed by atoms with Crippen LogP contribution in [0.2, 0.25) is 0 Å². The molecule has 0 aliphatic carbocycles. The monoisotopic (exact) mass is 451 g/mol. The Morgan fingerprint density at radius 2 is 1.68 bits per heavy atom. The lowest BCUT2D eigenvalue weighted by molar-refractivity contribution is -0.122. The fourth-order valence-corrected chi connectivity index (χ4v) is 4.97. The van der Waals surface area contributed by atoms with E-state index in [-0.39, 0.29) is 29.5 Å². The lowest BCUT2D eigenvalue weighted by Crippen LogP contribution is -2.31. The average Bonchev–Trinajstić information content (AvgIpc) is 3.10. The number of rotatable bonds is 7. The van der Waals surface area contributed by atoms with Gasteiger partial charge in [-0.05, 0) is 36.4 Å². The lowest BCUT2D eigenvalue weighted by atomic mass is 10.1. The van der Waals surface area contributed by atoms with Crippen molar-refractivity contribution in [3.05, 3.63) is 54.1 Å². The van der Waals surface area contributed by atoms with Gasteiger partial charge in [-0.2, -0.15) is 4.31 Å². The normalized spacial score (nSPS) is 16.7. The van der Waals surface area contributed by atoms with Crippen LogP contribution in [0.3, 0.4) is 0 Å². The van der Waals surface area contributed by atoms with Gasteiger partial charge in [0, 0.05) is 43.5 Å². The fraction of sp³-hybridized carbons (Fsp3) is 0.333. The summed E-state index contributed by atoms with van der Waals surface area (Å²) in [4.78, 5) is 26.4. The van der Waals surface area contributed by atoms with Crippen LogP contribution in [0.1, 0.15) is 20.3 Å². The van der Waals surface area contributed by atoms with Crippen LogP contribution in [-0.2, 0) is 19.6 Å². The summed E-state index contributed by atoms with van der Waals surface area (Å²) in [7, 11) is -3.62. The molecule has 1 aliphatic heterocycles. The Hall–Kier alpha value is -2.85. The molecule has 0 radical (unpaired) electrons. The number of benzene rings is 2. The van der Waals surface area contributed by atoms with E-state index in [0.717, 1.165) is 12.1 Å². The first kappa shape index (κ1) is 22.8. The van der Waals surface area contributed by atoms with E-state index in [1.165, 1.54) is 33.5 Å². The summed E-state index contributed by atoms with van der Waals surface area (Å²) in [5.74, 6) is -3.18. The summed E-state index contributed by atoms with van der Waals surface area (Å²) >= 11 is 0. The standard InChI is InChI=1S/C21H23F2N3O4S/c1-3-25(4-2)31(29,30)19-7-5-18(6-8-19)26-13-14(9-20(26)27)21(28)24-17-11-15(22)10-16(23)12-17/h5-8,10-12,14H,3-4,9,13H2,1-2H3,(H,24,28). The van der Waals surface area contributed by atoms with E-state index >= 15 is 0 Å². The molecular weight excluding hydrogens is 428 g/mol. The third-order valence-corrected chi connectivity index (χ3v) is 7.18. The number of sulfonamides is 1. The smallest absolute Gasteiger partial charge is 0.243 e. The van der Waals surface area contributed by atoms with E-state index < -0.39 is 33.5 Å². The number of hydrogen-bond acceptors (Lipinski definition) is 4. The van der Waals surface area contributed by atoms with Gasteiger partial charge >= 0.3 is 0 Å². The van der Waals surface area contributed by atoms with Gasteiger partial charge in [0.1, 0.15) is 11.6 Å². The molecule has 1 heterocycles. The second-order valence-electron chi connectivity index (χ2n) is 7.14. The number of carbonyl (C=O) groups excluding carboxylic acids is 2. The summed E-state index contributed by atoms with van der Waals surface area (Å²) in [5.41, 5.74) is 0.440. The molecule has 2 aromatic carbocycles. The van der Waals surface area contributed by atoms with Crippen molar-refractivity contribution in [1.29, 1.82) is 0 Å². The molecule has 0 saturated carbocycles.